The number of methoxy groups -OCH3 is 1. The van der Waals surface area contributed by atoms with Crippen molar-refractivity contribution in [2.75, 3.05) is 7.11 Å². The van der Waals surface area contributed by atoms with Crippen LogP contribution in [0.4, 0.5) is 0 Å². The number of ether oxygens (including phenoxy) is 1. The molecule has 94 valence electrons. The summed E-state index contributed by atoms with van der Waals surface area (Å²) < 4.78 is 5.20. The molecule has 0 bridgehead atoms. The number of hydrogen-bond donors (Lipinski definition) is 1. The fraction of sp³-hybridized carbons (Fsp3) is 0.231. The first-order valence-corrected chi connectivity index (χ1v) is 6.29. The van der Waals surface area contributed by atoms with E-state index in [1.165, 1.54) is 11.3 Å². The summed E-state index contributed by atoms with van der Waals surface area (Å²) in [7, 11) is 1.63. The fourth-order valence-corrected chi connectivity index (χ4v) is 2.57. The van der Waals surface area contributed by atoms with Crippen LogP contribution in [0.25, 0.3) is 11.3 Å². The van der Waals surface area contributed by atoms with Gasteiger partial charge in [0.1, 0.15) is 5.75 Å². The van der Waals surface area contributed by atoms with Crippen LogP contribution < -0.4 is 4.74 Å². The molecule has 5 heteroatoms. The number of aryl methyl sites for hydroxylation is 1. The van der Waals surface area contributed by atoms with Crippen LogP contribution in [-0.4, -0.2) is 23.2 Å². The number of carboxylic acids is 1. The zero-order valence-electron chi connectivity index (χ0n) is 10.1. The third-order valence-corrected chi connectivity index (χ3v) is 3.45. The van der Waals surface area contributed by atoms with Crippen molar-refractivity contribution in [1.82, 2.24) is 4.98 Å². The van der Waals surface area contributed by atoms with Crippen LogP contribution in [0.15, 0.2) is 23.7 Å². The lowest BCUT2D eigenvalue weighted by Crippen LogP contribution is -1.99. The van der Waals surface area contributed by atoms with E-state index in [9.17, 15) is 4.79 Å². The molecule has 0 unspecified atom stereocenters. The van der Waals surface area contributed by atoms with Gasteiger partial charge >= 0.3 is 5.97 Å². The number of carbonyl (C=O) groups is 1. The van der Waals surface area contributed by atoms with Crippen LogP contribution in [0.2, 0.25) is 0 Å². The second-order valence-electron chi connectivity index (χ2n) is 3.88. The largest absolute Gasteiger partial charge is 0.496 e. The van der Waals surface area contributed by atoms with E-state index in [1.54, 1.807) is 12.6 Å². The zero-order valence-corrected chi connectivity index (χ0v) is 11.0. The molecule has 0 radical (unpaired) electrons. The van der Waals surface area contributed by atoms with E-state index < -0.39 is 5.97 Å². The van der Waals surface area contributed by atoms with Crippen molar-refractivity contribution < 1.29 is 14.6 Å². The topological polar surface area (TPSA) is 59.4 Å². The fourth-order valence-electron chi connectivity index (χ4n) is 1.79. The first kappa shape index (κ1) is 12.6. The van der Waals surface area contributed by atoms with Crippen molar-refractivity contribution in [3.63, 3.8) is 0 Å². The molecule has 18 heavy (non-hydrogen) atoms. The van der Waals surface area contributed by atoms with Gasteiger partial charge < -0.3 is 9.84 Å². The molecule has 0 aliphatic heterocycles. The summed E-state index contributed by atoms with van der Waals surface area (Å²) >= 11 is 1.37. The van der Waals surface area contributed by atoms with Crippen molar-refractivity contribution in [2.24, 2.45) is 0 Å². The average Bonchev–Trinajstić information content (AvgIpc) is 2.76. The summed E-state index contributed by atoms with van der Waals surface area (Å²) in [5.41, 5.74) is 4.34. The minimum atomic E-state index is -0.842. The van der Waals surface area contributed by atoms with E-state index >= 15 is 0 Å². The van der Waals surface area contributed by atoms with Gasteiger partial charge in [-0.3, -0.25) is 4.79 Å². The van der Waals surface area contributed by atoms with Crippen LogP contribution >= 0.6 is 11.3 Å². The van der Waals surface area contributed by atoms with Gasteiger partial charge in [-0.15, -0.1) is 11.3 Å². The Bertz CT molecular complexity index is 577. The van der Waals surface area contributed by atoms with E-state index in [1.807, 2.05) is 25.1 Å². The summed E-state index contributed by atoms with van der Waals surface area (Å²) in [5.74, 6) is -0.0282. The Balaban J connectivity index is 2.40. The van der Waals surface area contributed by atoms with Crippen LogP contribution in [-0.2, 0) is 11.2 Å². The Morgan fingerprint density at radius 3 is 2.89 bits per heavy atom. The average molecular weight is 263 g/mol. The molecular weight excluding hydrogens is 250 g/mol. The highest BCUT2D eigenvalue weighted by molar-refractivity contribution is 7.10. The highest BCUT2D eigenvalue weighted by Crippen LogP contribution is 2.29. The molecule has 4 nitrogen and oxygen atoms in total. The lowest BCUT2D eigenvalue weighted by molar-refractivity contribution is -0.136. The summed E-state index contributed by atoms with van der Waals surface area (Å²) in [6.07, 6.45) is 0.00504. The monoisotopic (exact) mass is 263 g/mol. The number of aliphatic carboxylic acids is 1. The Morgan fingerprint density at radius 2 is 2.28 bits per heavy atom. The van der Waals surface area contributed by atoms with E-state index in [2.05, 4.69) is 4.98 Å². The second-order valence-corrected chi connectivity index (χ2v) is 4.82. The van der Waals surface area contributed by atoms with Crippen LogP contribution in [0.1, 0.15) is 10.4 Å². The highest BCUT2D eigenvalue weighted by atomic mass is 32.1. The molecule has 0 spiro atoms. The van der Waals surface area contributed by atoms with Crippen molar-refractivity contribution >= 4 is 17.3 Å². The number of nitrogens with zero attached hydrogens (tertiary/aromatic N) is 1. The number of aromatic nitrogens is 1. The number of hydrogen-bond acceptors (Lipinski definition) is 4. The molecule has 0 amide bonds. The van der Waals surface area contributed by atoms with Gasteiger partial charge in [-0.2, -0.15) is 0 Å². The predicted octanol–water partition coefficient (Wildman–Crippen LogP) is 2.75. The molecule has 0 saturated carbocycles. The highest BCUT2D eigenvalue weighted by Gasteiger charge is 2.12. The van der Waals surface area contributed by atoms with Crippen molar-refractivity contribution in [2.45, 2.75) is 13.3 Å². The Morgan fingerprint density at radius 1 is 1.50 bits per heavy atom. The number of thiazole rings is 1. The molecule has 2 aromatic rings. The van der Waals surface area contributed by atoms with E-state index in [0.29, 0.717) is 0 Å². The Hall–Kier alpha value is -1.88. The normalized spacial score (nSPS) is 10.3. The first-order valence-electron chi connectivity index (χ1n) is 5.41. The lowest BCUT2D eigenvalue weighted by Gasteiger charge is -2.07. The molecule has 0 atom stereocenters. The lowest BCUT2D eigenvalue weighted by atomic mass is 10.1. The maximum atomic E-state index is 10.8. The third kappa shape index (κ3) is 2.51. The van der Waals surface area contributed by atoms with Gasteiger partial charge in [-0.05, 0) is 30.7 Å². The van der Waals surface area contributed by atoms with Crippen LogP contribution in [0.3, 0.4) is 0 Å². The van der Waals surface area contributed by atoms with E-state index in [-0.39, 0.29) is 6.42 Å². The first-order chi connectivity index (χ1) is 8.61. The van der Waals surface area contributed by atoms with Crippen LogP contribution in [0, 0.1) is 6.92 Å². The standard InChI is InChI=1S/C13H13NO3S/c1-8-5-9(3-4-10(8)17-2)13-11(6-12(15)16)18-7-14-13/h3-5,7H,6H2,1-2H3,(H,15,16). The number of rotatable bonds is 4. The van der Waals surface area contributed by atoms with Crippen LogP contribution in [0.5, 0.6) is 5.75 Å². The zero-order chi connectivity index (χ0) is 13.1. The summed E-state index contributed by atoms with van der Waals surface area (Å²) in [6, 6.07) is 5.72. The van der Waals surface area contributed by atoms with Crippen molar-refractivity contribution in [1.29, 1.82) is 0 Å². The van der Waals surface area contributed by atoms with Gasteiger partial charge in [-0.25, -0.2) is 4.98 Å². The molecule has 2 rings (SSSR count). The molecule has 0 saturated heterocycles. The maximum Gasteiger partial charge on any atom is 0.308 e. The van der Waals surface area contributed by atoms with Gasteiger partial charge in [0.15, 0.2) is 0 Å². The quantitative estimate of drug-likeness (QED) is 0.921. The molecule has 0 aliphatic carbocycles. The minimum absolute atomic E-state index is 0.00504. The van der Waals surface area contributed by atoms with Gasteiger partial charge in [0.05, 0.1) is 24.7 Å². The van der Waals surface area contributed by atoms with E-state index in [4.69, 9.17) is 9.84 Å². The molecule has 1 N–H and O–H groups in total. The SMILES string of the molecule is COc1ccc(-c2ncsc2CC(=O)O)cc1C. The summed E-state index contributed by atoms with van der Waals surface area (Å²) in [6.45, 7) is 1.95. The summed E-state index contributed by atoms with van der Waals surface area (Å²) in [5, 5.41) is 8.85. The smallest absolute Gasteiger partial charge is 0.308 e. The Labute approximate surface area is 109 Å². The van der Waals surface area contributed by atoms with Crippen molar-refractivity contribution in [3.05, 3.63) is 34.2 Å². The Kier molecular flexibility index (Phi) is 3.62. The number of benzene rings is 1. The molecular formula is C13H13NO3S. The van der Waals surface area contributed by atoms with Gasteiger partial charge in [0.2, 0.25) is 0 Å². The van der Waals surface area contributed by atoms with Gasteiger partial charge in [0.25, 0.3) is 0 Å². The molecule has 1 heterocycles. The summed E-state index contributed by atoms with van der Waals surface area (Å²) in [4.78, 5) is 15.8. The van der Waals surface area contributed by atoms with Crippen molar-refractivity contribution in [3.8, 4) is 17.0 Å². The molecule has 1 aromatic heterocycles. The predicted molar refractivity (Wildman–Crippen MR) is 70.2 cm³/mol. The number of carboxylic acid groups (broad SMARTS) is 1. The molecule has 1 aromatic carbocycles. The second kappa shape index (κ2) is 5.18. The molecule has 0 aliphatic rings. The maximum absolute atomic E-state index is 10.8. The van der Waals surface area contributed by atoms with Gasteiger partial charge in [-0.1, -0.05) is 0 Å². The van der Waals surface area contributed by atoms with E-state index in [0.717, 1.165) is 27.4 Å². The minimum Gasteiger partial charge on any atom is -0.496 e. The third-order valence-electron chi connectivity index (χ3n) is 2.62. The van der Waals surface area contributed by atoms with Gasteiger partial charge in [0, 0.05) is 10.4 Å². The molecule has 0 fully saturated rings.